The monoisotopic (exact) mass is 350 g/mol. The highest BCUT2D eigenvalue weighted by molar-refractivity contribution is 14.1. The van der Waals surface area contributed by atoms with Crippen LogP contribution in [-0.2, 0) is 0 Å². The first-order valence-electron chi connectivity index (χ1n) is 4.49. The number of carbonyl (C=O) groups excluding carboxylic acids is 1. The summed E-state index contributed by atoms with van der Waals surface area (Å²) in [7, 11) is 0. The van der Waals surface area contributed by atoms with Crippen LogP contribution in [0.15, 0.2) is 23.3 Å². The molecule has 8 heteroatoms. The first-order chi connectivity index (χ1) is 8.02. The number of hydrogen-bond donors (Lipinski definition) is 2. The van der Waals surface area contributed by atoms with E-state index in [-0.39, 0.29) is 6.54 Å². The molecular weight excluding hydrogens is 342 g/mol. The summed E-state index contributed by atoms with van der Waals surface area (Å²) >= 11 is 1.91. The Morgan fingerprint density at radius 3 is 2.88 bits per heavy atom. The first kappa shape index (κ1) is 13.5. The summed E-state index contributed by atoms with van der Waals surface area (Å²) in [5.74, 6) is -0.472. The molecule has 1 atom stereocenters. The fourth-order valence-corrected chi connectivity index (χ4v) is 1.93. The van der Waals surface area contributed by atoms with Gasteiger partial charge in [-0.1, -0.05) is 0 Å². The summed E-state index contributed by atoms with van der Waals surface area (Å²) in [5.41, 5.74) is 6.93. The molecule has 0 radical (unpaired) electrons. The standard InChI is InChI=1S/C9H8FIN4O2/c10-6-1-5(2-7(11)3-6)8(4-13-15-12)14-9(16)17/h1-3,8,12,14H,4H2. The third kappa shape index (κ3) is 4.45. The van der Waals surface area contributed by atoms with Crippen LogP contribution in [0.5, 0.6) is 0 Å². The van der Waals surface area contributed by atoms with Gasteiger partial charge in [0.15, 0.2) is 0 Å². The van der Waals surface area contributed by atoms with Crippen LogP contribution in [0.1, 0.15) is 11.6 Å². The van der Waals surface area contributed by atoms with Crippen LogP contribution >= 0.6 is 22.6 Å². The topological polar surface area (TPSA) is 102 Å². The largest absolute Gasteiger partial charge is 0.530 e. The van der Waals surface area contributed by atoms with Gasteiger partial charge in [0, 0.05) is 3.57 Å². The number of benzene rings is 1. The van der Waals surface area contributed by atoms with Crippen LogP contribution in [0.2, 0.25) is 0 Å². The average molecular weight is 350 g/mol. The Balaban J connectivity index is 3.01. The van der Waals surface area contributed by atoms with Gasteiger partial charge in [0.25, 0.3) is 0 Å². The van der Waals surface area contributed by atoms with Gasteiger partial charge in [-0.2, -0.15) is 0 Å². The van der Waals surface area contributed by atoms with Gasteiger partial charge in [0.1, 0.15) is 29.1 Å². The number of nitrogens with one attached hydrogen (secondary N) is 2. The van der Waals surface area contributed by atoms with Gasteiger partial charge in [-0.3, -0.25) is 0 Å². The van der Waals surface area contributed by atoms with E-state index in [0.29, 0.717) is 9.13 Å². The van der Waals surface area contributed by atoms with Crippen molar-refractivity contribution in [2.24, 2.45) is 5.11 Å². The minimum absolute atomic E-state index is 0.0863. The minimum atomic E-state index is -1.49. The number of hydrogen-bond acceptors (Lipinski definition) is 4. The average Bonchev–Trinajstić information content (AvgIpc) is 2.22. The molecule has 90 valence electrons. The quantitative estimate of drug-likeness (QED) is 0.480. The van der Waals surface area contributed by atoms with Crippen molar-refractivity contribution in [3.05, 3.63) is 33.1 Å². The number of nitrogens with zero attached hydrogens (tertiary/aromatic N) is 2. The van der Waals surface area contributed by atoms with E-state index in [2.05, 4.69) is 15.3 Å². The highest BCUT2D eigenvalue weighted by Crippen LogP contribution is 2.18. The van der Waals surface area contributed by atoms with Crippen molar-refractivity contribution in [3.8, 4) is 0 Å². The molecule has 1 aromatic carbocycles. The normalized spacial score (nSPS) is 11.4. The van der Waals surface area contributed by atoms with Crippen LogP contribution < -0.4 is 15.3 Å². The molecule has 1 amide bonds. The lowest BCUT2D eigenvalue weighted by Gasteiger charge is -2.17. The van der Waals surface area contributed by atoms with Gasteiger partial charge in [0.05, 0.1) is 6.04 Å². The van der Waals surface area contributed by atoms with E-state index < -0.39 is 18.0 Å². The van der Waals surface area contributed by atoms with E-state index in [1.54, 1.807) is 6.07 Å². The van der Waals surface area contributed by atoms with Crippen molar-refractivity contribution < 1.29 is 14.3 Å². The number of halogens is 2. The Hall–Kier alpha value is -1.54. The lowest BCUT2D eigenvalue weighted by molar-refractivity contribution is -0.251. The van der Waals surface area contributed by atoms with Crippen LogP contribution in [0.25, 0.3) is 0 Å². The molecule has 0 saturated heterocycles. The zero-order valence-electron chi connectivity index (χ0n) is 8.48. The third-order valence-electron chi connectivity index (χ3n) is 1.91. The van der Waals surface area contributed by atoms with Gasteiger partial charge in [-0.25, -0.2) is 4.39 Å². The maximum Gasteiger partial charge on any atom is 0.214 e. The Morgan fingerprint density at radius 1 is 1.65 bits per heavy atom. The molecule has 1 rings (SSSR count). The maximum atomic E-state index is 13.2. The fraction of sp³-hybridized carbons (Fsp3) is 0.222. The zero-order valence-corrected chi connectivity index (χ0v) is 10.6. The van der Waals surface area contributed by atoms with E-state index >= 15 is 0 Å². The third-order valence-corrected chi connectivity index (χ3v) is 2.54. The highest BCUT2D eigenvalue weighted by Gasteiger charge is 2.14. The molecule has 0 aliphatic heterocycles. The summed E-state index contributed by atoms with van der Waals surface area (Å²) in [4.78, 5) is 13.3. The van der Waals surface area contributed by atoms with Gasteiger partial charge in [0.2, 0.25) is 4.91 Å². The van der Waals surface area contributed by atoms with E-state index in [4.69, 9.17) is 5.53 Å². The molecule has 1 aromatic rings. The number of carbonyl (C=O) groups is 1. The van der Waals surface area contributed by atoms with Crippen LogP contribution in [0.3, 0.4) is 0 Å². The maximum absolute atomic E-state index is 13.2. The van der Waals surface area contributed by atoms with E-state index in [9.17, 15) is 14.3 Å². The van der Waals surface area contributed by atoms with Crippen molar-refractivity contribution in [2.45, 2.75) is 6.04 Å². The van der Waals surface area contributed by atoms with E-state index in [1.165, 1.54) is 12.1 Å². The number of carboxylic acid groups (broad SMARTS) is 1. The van der Waals surface area contributed by atoms with Crippen molar-refractivity contribution >= 4 is 28.7 Å². The smallest absolute Gasteiger partial charge is 0.214 e. The molecule has 0 aliphatic carbocycles. The number of amides is 1. The summed E-state index contributed by atoms with van der Waals surface area (Å²) < 4.78 is 13.8. The van der Waals surface area contributed by atoms with E-state index in [0.717, 1.165) is 0 Å². The summed E-state index contributed by atoms with van der Waals surface area (Å²) in [6.07, 6.45) is -1.49. The molecule has 17 heavy (non-hydrogen) atoms. The Morgan fingerprint density at radius 2 is 2.35 bits per heavy atom. The molecule has 0 spiro atoms. The molecule has 0 saturated carbocycles. The molecule has 1 unspecified atom stereocenters. The first-order valence-corrected chi connectivity index (χ1v) is 5.57. The fourth-order valence-electron chi connectivity index (χ4n) is 1.28. The molecular formula is C9H8FIN4O2. The van der Waals surface area contributed by atoms with Crippen molar-refractivity contribution in [2.75, 3.05) is 6.54 Å². The number of rotatable bonds is 4. The zero-order chi connectivity index (χ0) is 12.8. The molecule has 6 nitrogen and oxygen atoms in total. The van der Waals surface area contributed by atoms with Gasteiger partial charge < -0.3 is 15.2 Å². The van der Waals surface area contributed by atoms with Crippen molar-refractivity contribution in [3.63, 3.8) is 0 Å². The molecule has 2 N–H and O–H groups in total. The predicted molar refractivity (Wildman–Crippen MR) is 62.5 cm³/mol. The lowest BCUT2D eigenvalue weighted by atomic mass is 10.1. The highest BCUT2D eigenvalue weighted by atomic mass is 127. The molecule has 0 aromatic heterocycles. The Labute approximate surface area is 110 Å². The lowest BCUT2D eigenvalue weighted by Crippen LogP contribution is -2.40. The Kier molecular flexibility index (Phi) is 4.98. The van der Waals surface area contributed by atoms with Crippen LogP contribution in [0, 0.1) is 14.9 Å². The van der Waals surface area contributed by atoms with Gasteiger partial charge in [-0.15, -0.1) is 0 Å². The summed E-state index contributed by atoms with van der Waals surface area (Å²) in [5, 5.41) is 15.9. The minimum Gasteiger partial charge on any atom is -0.530 e. The predicted octanol–water partition coefficient (Wildman–Crippen LogP) is 0.955. The second kappa shape index (κ2) is 6.26. The molecule has 0 heterocycles. The molecule has 0 fully saturated rings. The van der Waals surface area contributed by atoms with E-state index in [1.807, 2.05) is 22.6 Å². The molecule has 0 aliphatic rings. The SMILES string of the molecule is N=[N+]=NCC(NC(=O)[O-])c1cc(F)cc(I)c1. The van der Waals surface area contributed by atoms with Crippen molar-refractivity contribution in [1.82, 2.24) is 10.2 Å². The Bertz CT molecular complexity index is 452. The van der Waals surface area contributed by atoms with Crippen molar-refractivity contribution in [1.29, 1.82) is 5.53 Å². The van der Waals surface area contributed by atoms with Crippen LogP contribution in [-0.4, -0.2) is 12.6 Å². The summed E-state index contributed by atoms with van der Waals surface area (Å²) in [6.45, 7) is -0.0863. The van der Waals surface area contributed by atoms with Gasteiger partial charge >= 0.3 is 0 Å². The van der Waals surface area contributed by atoms with Gasteiger partial charge in [-0.05, 0) is 46.4 Å². The molecule has 0 bridgehead atoms. The summed E-state index contributed by atoms with van der Waals surface area (Å²) in [6, 6.07) is 3.34. The van der Waals surface area contributed by atoms with Crippen LogP contribution in [0.4, 0.5) is 9.18 Å². The second-order valence-electron chi connectivity index (χ2n) is 3.11. The second-order valence-corrected chi connectivity index (χ2v) is 4.36.